The lowest BCUT2D eigenvalue weighted by Gasteiger charge is -2.33. The standard InChI is InChI=1S/C16H17Cl4N5O/c17-11-3-1-2-10(8-11)12-23-13(16(18,19)20)25-14(24-12)22-9-15(21)4-6-26-7-5-15/h1-3,8H,4-7,9,21H2,(H,22,23,24,25). The van der Waals surface area contributed by atoms with Gasteiger partial charge in [0.05, 0.1) is 0 Å². The number of halogens is 4. The topological polar surface area (TPSA) is 86.0 Å². The van der Waals surface area contributed by atoms with E-state index in [2.05, 4.69) is 20.3 Å². The van der Waals surface area contributed by atoms with Gasteiger partial charge in [0.25, 0.3) is 0 Å². The number of hydrogen-bond donors (Lipinski definition) is 2. The van der Waals surface area contributed by atoms with Gasteiger partial charge in [0, 0.05) is 35.9 Å². The molecule has 26 heavy (non-hydrogen) atoms. The molecule has 0 saturated carbocycles. The molecule has 1 saturated heterocycles. The molecule has 10 heteroatoms. The summed E-state index contributed by atoms with van der Waals surface area (Å²) in [6, 6.07) is 7.09. The van der Waals surface area contributed by atoms with Crippen LogP contribution < -0.4 is 11.1 Å². The fourth-order valence-corrected chi connectivity index (χ4v) is 2.99. The van der Waals surface area contributed by atoms with Crippen LogP contribution in [0.3, 0.4) is 0 Å². The van der Waals surface area contributed by atoms with Gasteiger partial charge in [-0.1, -0.05) is 58.5 Å². The number of anilines is 1. The van der Waals surface area contributed by atoms with E-state index in [1.165, 1.54) is 0 Å². The van der Waals surface area contributed by atoms with Crippen molar-refractivity contribution < 1.29 is 4.74 Å². The lowest BCUT2D eigenvalue weighted by Crippen LogP contribution is -2.50. The van der Waals surface area contributed by atoms with Gasteiger partial charge < -0.3 is 15.8 Å². The molecule has 0 radical (unpaired) electrons. The molecule has 3 rings (SSSR count). The second-order valence-electron chi connectivity index (χ2n) is 6.14. The van der Waals surface area contributed by atoms with Crippen molar-refractivity contribution in [3.8, 4) is 11.4 Å². The highest BCUT2D eigenvalue weighted by Crippen LogP contribution is 2.37. The van der Waals surface area contributed by atoms with Crippen LogP contribution in [0, 0.1) is 0 Å². The minimum atomic E-state index is -1.79. The van der Waals surface area contributed by atoms with E-state index in [0.29, 0.717) is 36.2 Å². The van der Waals surface area contributed by atoms with E-state index in [9.17, 15) is 0 Å². The fourth-order valence-electron chi connectivity index (χ4n) is 2.55. The minimum absolute atomic E-state index is 0.0213. The maximum atomic E-state index is 6.39. The smallest absolute Gasteiger partial charge is 0.250 e. The summed E-state index contributed by atoms with van der Waals surface area (Å²) < 4.78 is 3.57. The van der Waals surface area contributed by atoms with Crippen molar-refractivity contribution in [3.63, 3.8) is 0 Å². The first-order chi connectivity index (χ1) is 12.3. The zero-order chi connectivity index (χ0) is 18.8. The second kappa shape index (κ2) is 8.00. The van der Waals surface area contributed by atoms with Crippen LogP contribution in [-0.2, 0) is 8.53 Å². The van der Waals surface area contributed by atoms with Gasteiger partial charge in [0.1, 0.15) is 0 Å². The van der Waals surface area contributed by atoms with Gasteiger partial charge in [-0.25, -0.2) is 4.98 Å². The van der Waals surface area contributed by atoms with E-state index in [4.69, 9.17) is 56.9 Å². The first kappa shape index (κ1) is 19.9. The third-order valence-corrected chi connectivity index (χ3v) is 4.80. The van der Waals surface area contributed by atoms with Gasteiger partial charge in [0.15, 0.2) is 11.6 Å². The summed E-state index contributed by atoms with van der Waals surface area (Å²) in [5, 5.41) is 3.69. The third kappa shape index (κ3) is 5.09. The van der Waals surface area contributed by atoms with Gasteiger partial charge in [0.2, 0.25) is 9.74 Å². The van der Waals surface area contributed by atoms with Crippen molar-refractivity contribution in [2.24, 2.45) is 5.73 Å². The maximum Gasteiger partial charge on any atom is 0.250 e. The summed E-state index contributed by atoms with van der Waals surface area (Å²) in [5.74, 6) is 0.657. The predicted octanol–water partition coefficient (Wildman–Crippen LogP) is 3.94. The van der Waals surface area contributed by atoms with Gasteiger partial charge in [-0.2, -0.15) is 9.97 Å². The lowest BCUT2D eigenvalue weighted by molar-refractivity contribution is 0.0574. The van der Waals surface area contributed by atoms with E-state index >= 15 is 0 Å². The van der Waals surface area contributed by atoms with Crippen molar-refractivity contribution in [2.75, 3.05) is 25.1 Å². The van der Waals surface area contributed by atoms with Crippen LogP contribution in [0.5, 0.6) is 0 Å². The van der Waals surface area contributed by atoms with Crippen molar-refractivity contribution in [1.29, 1.82) is 0 Å². The van der Waals surface area contributed by atoms with Gasteiger partial charge in [-0.05, 0) is 25.0 Å². The normalized spacial score (nSPS) is 17.1. The van der Waals surface area contributed by atoms with E-state index in [0.717, 1.165) is 12.8 Å². The lowest BCUT2D eigenvalue weighted by atomic mass is 9.91. The SMILES string of the molecule is NC1(CNc2nc(-c3cccc(Cl)c3)nc(C(Cl)(Cl)Cl)n2)CCOCC1. The molecule has 0 spiro atoms. The molecular formula is C16H17Cl4N5O. The predicted molar refractivity (Wildman–Crippen MR) is 105 cm³/mol. The molecule has 1 aliphatic rings. The molecule has 1 aromatic heterocycles. The number of nitrogens with one attached hydrogen (secondary N) is 1. The van der Waals surface area contributed by atoms with Crippen LogP contribution >= 0.6 is 46.4 Å². The Bertz CT molecular complexity index is 777. The van der Waals surface area contributed by atoms with E-state index in [1.54, 1.807) is 18.2 Å². The first-order valence-corrected chi connectivity index (χ1v) is 9.46. The molecule has 0 aliphatic carbocycles. The maximum absolute atomic E-state index is 6.39. The van der Waals surface area contributed by atoms with Crippen molar-refractivity contribution in [3.05, 3.63) is 35.1 Å². The molecule has 0 unspecified atom stereocenters. The zero-order valence-corrected chi connectivity index (χ0v) is 16.7. The molecule has 0 amide bonds. The van der Waals surface area contributed by atoms with E-state index in [1.807, 2.05) is 6.07 Å². The molecule has 2 aromatic rings. The Morgan fingerprint density at radius 1 is 1.15 bits per heavy atom. The quantitative estimate of drug-likeness (QED) is 0.706. The van der Waals surface area contributed by atoms with Crippen LogP contribution in [0.1, 0.15) is 18.7 Å². The second-order valence-corrected chi connectivity index (χ2v) is 8.86. The number of nitrogens with two attached hydrogens (primary N) is 1. The molecule has 1 fully saturated rings. The number of rotatable bonds is 4. The van der Waals surface area contributed by atoms with Gasteiger partial charge in [-0.3, -0.25) is 0 Å². The number of alkyl halides is 3. The summed E-state index contributed by atoms with van der Waals surface area (Å²) in [6.07, 6.45) is 1.48. The summed E-state index contributed by atoms with van der Waals surface area (Å²) in [5.41, 5.74) is 6.68. The van der Waals surface area contributed by atoms with Crippen LogP contribution in [0.4, 0.5) is 5.95 Å². The molecule has 2 heterocycles. The zero-order valence-electron chi connectivity index (χ0n) is 13.7. The Kier molecular flexibility index (Phi) is 6.11. The van der Waals surface area contributed by atoms with Crippen molar-refractivity contribution in [1.82, 2.24) is 15.0 Å². The number of nitrogens with zero attached hydrogens (tertiary/aromatic N) is 3. The molecule has 140 valence electrons. The molecular weight excluding hydrogens is 420 g/mol. The average molecular weight is 437 g/mol. The van der Waals surface area contributed by atoms with Gasteiger partial charge in [-0.15, -0.1) is 0 Å². The van der Waals surface area contributed by atoms with Crippen molar-refractivity contribution in [2.45, 2.75) is 22.2 Å². The number of benzene rings is 1. The van der Waals surface area contributed by atoms with E-state index in [-0.39, 0.29) is 11.8 Å². The molecule has 0 atom stereocenters. The largest absolute Gasteiger partial charge is 0.381 e. The highest BCUT2D eigenvalue weighted by Gasteiger charge is 2.30. The molecule has 0 bridgehead atoms. The number of aromatic nitrogens is 3. The Labute approximate surface area is 171 Å². The van der Waals surface area contributed by atoms with Crippen LogP contribution in [0.15, 0.2) is 24.3 Å². The summed E-state index contributed by atoms with van der Waals surface area (Å²) in [7, 11) is 0. The average Bonchev–Trinajstić information content (AvgIpc) is 2.60. The number of ether oxygens (including phenoxy) is 1. The Morgan fingerprint density at radius 2 is 1.88 bits per heavy atom. The summed E-state index contributed by atoms with van der Waals surface area (Å²) in [4.78, 5) is 12.9. The first-order valence-electron chi connectivity index (χ1n) is 7.95. The third-order valence-electron chi connectivity index (χ3n) is 4.06. The molecule has 6 nitrogen and oxygen atoms in total. The monoisotopic (exact) mass is 435 g/mol. The summed E-state index contributed by atoms with van der Waals surface area (Å²) in [6.45, 7) is 1.72. The van der Waals surface area contributed by atoms with Crippen molar-refractivity contribution >= 4 is 52.4 Å². The molecule has 1 aromatic carbocycles. The minimum Gasteiger partial charge on any atom is -0.381 e. The van der Waals surface area contributed by atoms with Crippen LogP contribution in [0.25, 0.3) is 11.4 Å². The Balaban J connectivity index is 1.90. The van der Waals surface area contributed by atoms with Crippen LogP contribution in [-0.4, -0.2) is 40.2 Å². The highest BCUT2D eigenvalue weighted by molar-refractivity contribution is 6.66. The Morgan fingerprint density at radius 3 is 2.54 bits per heavy atom. The number of hydrogen-bond acceptors (Lipinski definition) is 6. The van der Waals surface area contributed by atoms with Crippen LogP contribution in [0.2, 0.25) is 5.02 Å². The fraction of sp³-hybridized carbons (Fsp3) is 0.438. The molecule has 1 aliphatic heterocycles. The highest BCUT2D eigenvalue weighted by atomic mass is 35.6. The van der Waals surface area contributed by atoms with E-state index < -0.39 is 9.33 Å². The Hall–Kier alpha value is -0.890. The van der Waals surface area contributed by atoms with Gasteiger partial charge >= 0.3 is 0 Å². The molecule has 3 N–H and O–H groups in total. The summed E-state index contributed by atoms with van der Waals surface area (Å²) >= 11 is 24.0.